The van der Waals surface area contributed by atoms with Gasteiger partial charge in [-0.2, -0.15) is 0 Å². The number of rotatable bonds is 16. The van der Waals surface area contributed by atoms with Gasteiger partial charge >= 0.3 is 18.2 Å². The van der Waals surface area contributed by atoms with Crippen LogP contribution in [0.5, 0.6) is 0 Å². The van der Waals surface area contributed by atoms with Crippen LogP contribution < -0.4 is 11.1 Å². The van der Waals surface area contributed by atoms with Crippen molar-refractivity contribution in [3.05, 3.63) is 126 Å². The number of esters is 1. The lowest BCUT2D eigenvalue weighted by Crippen LogP contribution is -2.55. The number of unbranched alkanes of at least 4 members (excludes halogenated alkanes) is 1. The molecule has 1 aromatic heterocycles. The maximum absolute atomic E-state index is 13.8. The number of amides is 3. The van der Waals surface area contributed by atoms with Gasteiger partial charge in [0.2, 0.25) is 5.91 Å². The fraction of sp³-hybridized carbons (Fsp3) is 0.286. The molecule has 0 bridgehead atoms. The number of ether oxygens (including phenoxy) is 3. The Morgan fingerprint density at radius 1 is 0.766 bits per heavy atom. The molecule has 0 unspecified atom stereocenters. The Bertz CT molecular complexity index is 1540. The molecule has 4 rings (SSSR count). The number of imide groups is 1. The summed E-state index contributed by atoms with van der Waals surface area (Å²) in [5, 5.41) is 2.68. The van der Waals surface area contributed by atoms with Crippen LogP contribution in [0.1, 0.15) is 41.6 Å². The number of aromatic amines is 1. The summed E-state index contributed by atoms with van der Waals surface area (Å²) >= 11 is 0. The van der Waals surface area contributed by atoms with Gasteiger partial charge in [-0.1, -0.05) is 91.0 Å². The summed E-state index contributed by atoms with van der Waals surface area (Å²) in [5.41, 5.74) is 9.15. The number of alkyl carbamates (subject to hydrolysis) is 1. The van der Waals surface area contributed by atoms with Gasteiger partial charge < -0.3 is 30.2 Å². The molecular weight excluding hydrogens is 602 g/mol. The second-order valence-electron chi connectivity index (χ2n) is 10.7. The minimum Gasteiger partial charge on any atom is -0.459 e. The highest BCUT2D eigenvalue weighted by atomic mass is 16.6. The Balaban J connectivity index is 1.45. The maximum atomic E-state index is 13.8. The Kier molecular flexibility index (Phi) is 13.5. The molecule has 4 N–H and O–H groups in total. The van der Waals surface area contributed by atoms with Crippen LogP contribution in [0.2, 0.25) is 0 Å². The number of H-pyrrole nitrogens is 1. The Hall–Kier alpha value is -5.49. The smallest absolute Gasteiger partial charge is 0.417 e. The van der Waals surface area contributed by atoms with E-state index >= 15 is 0 Å². The number of carbonyl (C=O) groups is 4. The van der Waals surface area contributed by atoms with Crippen LogP contribution in [0.4, 0.5) is 9.59 Å². The molecule has 246 valence electrons. The molecule has 0 aliphatic heterocycles. The van der Waals surface area contributed by atoms with E-state index < -0.39 is 36.1 Å². The predicted molar refractivity (Wildman–Crippen MR) is 172 cm³/mol. The van der Waals surface area contributed by atoms with E-state index in [1.807, 2.05) is 54.6 Å². The second kappa shape index (κ2) is 18.5. The van der Waals surface area contributed by atoms with Crippen LogP contribution in [-0.2, 0) is 50.0 Å². The van der Waals surface area contributed by atoms with Crippen LogP contribution in [-0.4, -0.2) is 57.6 Å². The molecule has 0 saturated heterocycles. The number of hydrogen-bond donors (Lipinski definition) is 3. The molecule has 1 heterocycles. The first-order chi connectivity index (χ1) is 22.9. The zero-order chi connectivity index (χ0) is 33.3. The van der Waals surface area contributed by atoms with Crippen LogP contribution in [0.3, 0.4) is 0 Å². The van der Waals surface area contributed by atoms with Crippen molar-refractivity contribution in [2.45, 2.75) is 57.6 Å². The number of nitrogens with one attached hydrogen (secondary N) is 2. The summed E-state index contributed by atoms with van der Waals surface area (Å²) in [5.74, 6) is -1.59. The molecule has 0 aliphatic rings. The predicted octanol–water partition coefficient (Wildman–Crippen LogP) is 4.65. The molecule has 47 heavy (non-hydrogen) atoms. The third-order valence-electron chi connectivity index (χ3n) is 7.15. The summed E-state index contributed by atoms with van der Waals surface area (Å²) in [4.78, 5) is 60.8. The number of nitrogens with two attached hydrogens (primary N) is 1. The average Bonchev–Trinajstić information content (AvgIpc) is 3.62. The quantitative estimate of drug-likeness (QED) is 0.0897. The molecular formula is C35H39N5O7. The van der Waals surface area contributed by atoms with E-state index in [1.165, 1.54) is 12.5 Å². The van der Waals surface area contributed by atoms with Gasteiger partial charge in [0.25, 0.3) is 0 Å². The minimum absolute atomic E-state index is 0.0390. The fourth-order valence-electron chi connectivity index (χ4n) is 4.66. The first-order valence-corrected chi connectivity index (χ1v) is 15.3. The first-order valence-electron chi connectivity index (χ1n) is 15.3. The standard InChI is InChI=1S/C35H39N5O7/c36-30(20-29-21-37-25-39-29)32(41)40(35(44)47-24-28-16-8-3-9-17-28)31(33(42)45-22-26-12-4-1-5-13-26)18-10-11-19-38-34(43)46-23-27-14-6-2-7-15-27/h1-9,12-17,21,25,30-31H,10-11,18-20,22-24,36H2,(H,37,39)(H,38,43)/t30-,31-/m0/s1. The van der Waals surface area contributed by atoms with Crippen LogP contribution in [0.15, 0.2) is 104 Å². The molecule has 0 spiro atoms. The summed E-state index contributed by atoms with van der Waals surface area (Å²) in [7, 11) is 0. The van der Waals surface area contributed by atoms with Gasteiger partial charge in [0.1, 0.15) is 25.9 Å². The Morgan fingerprint density at radius 2 is 1.32 bits per heavy atom. The average molecular weight is 642 g/mol. The highest BCUT2D eigenvalue weighted by Crippen LogP contribution is 2.18. The normalized spacial score (nSPS) is 11.9. The zero-order valence-corrected chi connectivity index (χ0v) is 26.0. The molecule has 0 aliphatic carbocycles. The van der Waals surface area contributed by atoms with E-state index in [0.29, 0.717) is 24.1 Å². The largest absolute Gasteiger partial charge is 0.459 e. The van der Waals surface area contributed by atoms with E-state index in [1.54, 1.807) is 36.4 Å². The maximum Gasteiger partial charge on any atom is 0.417 e. The summed E-state index contributed by atoms with van der Waals surface area (Å²) in [6.45, 7) is 0.181. The van der Waals surface area contributed by atoms with E-state index in [4.69, 9.17) is 19.9 Å². The topological polar surface area (TPSA) is 166 Å². The highest BCUT2D eigenvalue weighted by molar-refractivity contribution is 5.99. The van der Waals surface area contributed by atoms with Gasteiger partial charge in [0.05, 0.1) is 12.4 Å². The molecule has 0 radical (unpaired) electrons. The lowest BCUT2D eigenvalue weighted by atomic mass is 10.1. The van der Waals surface area contributed by atoms with Gasteiger partial charge in [-0.25, -0.2) is 24.3 Å². The van der Waals surface area contributed by atoms with Crippen molar-refractivity contribution in [1.82, 2.24) is 20.2 Å². The minimum atomic E-state index is -1.34. The molecule has 0 fully saturated rings. The lowest BCUT2D eigenvalue weighted by Gasteiger charge is -2.30. The molecule has 3 amide bonds. The summed E-state index contributed by atoms with van der Waals surface area (Å²) in [6.07, 6.45) is 2.21. The van der Waals surface area contributed by atoms with E-state index in [-0.39, 0.29) is 39.2 Å². The lowest BCUT2D eigenvalue weighted by molar-refractivity contribution is -0.155. The van der Waals surface area contributed by atoms with Crippen molar-refractivity contribution >= 4 is 24.1 Å². The van der Waals surface area contributed by atoms with Crippen LogP contribution >= 0.6 is 0 Å². The number of carbonyl (C=O) groups excluding carboxylic acids is 4. The van der Waals surface area contributed by atoms with Gasteiger partial charge in [0.15, 0.2) is 0 Å². The second-order valence-corrected chi connectivity index (χ2v) is 10.7. The highest BCUT2D eigenvalue weighted by Gasteiger charge is 2.39. The van der Waals surface area contributed by atoms with Crippen molar-refractivity contribution in [3.63, 3.8) is 0 Å². The van der Waals surface area contributed by atoms with Crippen molar-refractivity contribution in [2.24, 2.45) is 5.73 Å². The number of hydrogen-bond acceptors (Lipinski definition) is 9. The van der Waals surface area contributed by atoms with Gasteiger partial charge in [0, 0.05) is 24.9 Å². The van der Waals surface area contributed by atoms with Gasteiger partial charge in [-0.3, -0.25) is 4.79 Å². The fourth-order valence-corrected chi connectivity index (χ4v) is 4.66. The number of aromatic nitrogens is 2. The zero-order valence-electron chi connectivity index (χ0n) is 26.0. The molecule has 12 heteroatoms. The molecule has 0 saturated carbocycles. The van der Waals surface area contributed by atoms with E-state index in [2.05, 4.69) is 15.3 Å². The monoisotopic (exact) mass is 641 g/mol. The van der Waals surface area contributed by atoms with Gasteiger partial charge in [-0.05, 0) is 36.0 Å². The van der Waals surface area contributed by atoms with E-state index in [0.717, 1.165) is 16.0 Å². The third-order valence-corrected chi connectivity index (χ3v) is 7.15. The summed E-state index contributed by atoms with van der Waals surface area (Å²) in [6, 6.07) is 24.8. The Labute approximate surface area is 273 Å². The number of nitrogens with zero attached hydrogens (tertiary/aromatic N) is 2. The first kappa shape index (κ1) is 34.4. The molecule has 4 aromatic rings. The van der Waals surface area contributed by atoms with Crippen molar-refractivity contribution in [3.8, 4) is 0 Å². The SMILES string of the molecule is N[C@@H](Cc1cnc[nH]1)C(=O)N(C(=O)OCc1ccccc1)[C@@H](CCCCNC(=O)OCc1ccccc1)C(=O)OCc1ccccc1. The van der Waals surface area contributed by atoms with Crippen LogP contribution in [0.25, 0.3) is 0 Å². The number of benzene rings is 3. The number of imidazole rings is 1. The van der Waals surface area contributed by atoms with Gasteiger partial charge in [-0.15, -0.1) is 0 Å². The molecule has 2 atom stereocenters. The third kappa shape index (κ3) is 11.4. The molecule has 12 nitrogen and oxygen atoms in total. The summed E-state index contributed by atoms with van der Waals surface area (Å²) < 4.78 is 16.4. The van der Waals surface area contributed by atoms with Crippen molar-refractivity contribution < 1.29 is 33.4 Å². The van der Waals surface area contributed by atoms with Crippen LogP contribution in [0, 0.1) is 0 Å². The van der Waals surface area contributed by atoms with E-state index in [9.17, 15) is 19.2 Å². The Morgan fingerprint density at radius 3 is 1.87 bits per heavy atom. The van der Waals surface area contributed by atoms with Crippen molar-refractivity contribution in [1.29, 1.82) is 0 Å². The molecule has 3 aromatic carbocycles. The van der Waals surface area contributed by atoms with Crippen molar-refractivity contribution in [2.75, 3.05) is 6.54 Å².